The first kappa shape index (κ1) is 18.9. The van der Waals surface area contributed by atoms with Crippen molar-refractivity contribution >= 4 is 22.6 Å². The minimum Gasteiger partial charge on any atom is -0.0654 e. The van der Waals surface area contributed by atoms with Gasteiger partial charge in [-0.05, 0) is 152 Å². The molecule has 0 spiro atoms. The molecule has 0 N–H and O–H groups in total. The van der Waals surface area contributed by atoms with Crippen LogP contribution in [-0.2, 0) is 0 Å². The topological polar surface area (TPSA) is 0 Å². The lowest BCUT2D eigenvalue weighted by atomic mass is 9.30. The molecule has 1 aromatic carbocycles. The summed E-state index contributed by atoms with van der Waals surface area (Å²) in [4.78, 5) is 0. The molecule has 1 aromatic rings. The zero-order chi connectivity index (χ0) is 18.5. The van der Waals surface area contributed by atoms with E-state index in [2.05, 4.69) is 53.8 Å². The van der Waals surface area contributed by atoms with Crippen molar-refractivity contribution in [3.05, 3.63) is 33.4 Å². The second-order valence-electron chi connectivity index (χ2n) is 10.9. The van der Waals surface area contributed by atoms with Gasteiger partial charge in [-0.3, -0.25) is 0 Å². The first-order valence-electron chi connectivity index (χ1n) is 11.9. The van der Waals surface area contributed by atoms with Crippen LogP contribution >= 0.6 is 22.6 Å². The Balaban J connectivity index is 1.09. The Bertz CT molecular complexity index is 624. The van der Waals surface area contributed by atoms with Gasteiger partial charge in [0.1, 0.15) is 0 Å². The zero-order valence-corrected chi connectivity index (χ0v) is 19.3. The Kier molecular flexibility index (Phi) is 5.14. The van der Waals surface area contributed by atoms with Gasteiger partial charge in [0.05, 0.1) is 0 Å². The molecule has 0 saturated heterocycles. The van der Waals surface area contributed by atoms with Gasteiger partial charge in [-0.2, -0.15) is 0 Å². The van der Waals surface area contributed by atoms with Gasteiger partial charge in [0, 0.05) is 3.57 Å². The van der Waals surface area contributed by atoms with Gasteiger partial charge in [0.15, 0.2) is 0 Å². The highest BCUT2D eigenvalue weighted by Crippen LogP contribution is 2.79. The number of benzene rings is 1. The van der Waals surface area contributed by atoms with Crippen LogP contribution in [0.5, 0.6) is 0 Å². The van der Waals surface area contributed by atoms with Gasteiger partial charge < -0.3 is 0 Å². The Morgan fingerprint density at radius 2 is 1.37 bits per heavy atom. The van der Waals surface area contributed by atoms with E-state index in [1.807, 2.05) is 0 Å². The third-order valence-corrected chi connectivity index (χ3v) is 10.1. The SMILES string of the molecule is CCCC12CC([C@H]3CC[C@H]([C@H]4CC[C@H](c5ccc(I)cc5)CC4)CC3)(C1)C2. The van der Waals surface area contributed by atoms with Crippen molar-refractivity contribution in [2.24, 2.45) is 28.6 Å². The Labute approximate surface area is 180 Å². The van der Waals surface area contributed by atoms with Crippen LogP contribution in [0.2, 0.25) is 0 Å². The van der Waals surface area contributed by atoms with Crippen LogP contribution in [0.4, 0.5) is 0 Å². The molecular formula is C26H37I. The van der Waals surface area contributed by atoms with Gasteiger partial charge in [-0.1, -0.05) is 25.5 Å². The molecule has 0 amide bonds. The quantitative estimate of drug-likeness (QED) is 0.375. The number of halogens is 1. The van der Waals surface area contributed by atoms with Gasteiger partial charge in [-0.25, -0.2) is 0 Å². The average molecular weight is 476 g/mol. The molecule has 0 radical (unpaired) electrons. The largest absolute Gasteiger partial charge is 0.0654 e. The van der Waals surface area contributed by atoms with Crippen molar-refractivity contribution in [1.82, 2.24) is 0 Å². The molecule has 0 aliphatic heterocycles. The molecule has 2 bridgehead atoms. The van der Waals surface area contributed by atoms with Crippen molar-refractivity contribution < 1.29 is 0 Å². The van der Waals surface area contributed by atoms with E-state index in [1.54, 1.807) is 50.5 Å². The average Bonchev–Trinajstić information content (AvgIpc) is 2.65. The fourth-order valence-corrected chi connectivity index (χ4v) is 8.54. The summed E-state index contributed by atoms with van der Waals surface area (Å²) >= 11 is 2.42. The summed E-state index contributed by atoms with van der Waals surface area (Å²) in [5, 5.41) is 0. The van der Waals surface area contributed by atoms with Crippen molar-refractivity contribution in [2.75, 3.05) is 0 Å². The van der Waals surface area contributed by atoms with E-state index in [0.29, 0.717) is 0 Å². The maximum Gasteiger partial charge on any atom is 0.0130 e. The van der Waals surface area contributed by atoms with Crippen LogP contribution in [0.3, 0.4) is 0 Å². The Hall–Kier alpha value is -0.0500. The van der Waals surface area contributed by atoms with Crippen LogP contribution in [-0.4, -0.2) is 0 Å². The maximum absolute atomic E-state index is 2.42. The zero-order valence-electron chi connectivity index (χ0n) is 17.2. The molecule has 6 rings (SSSR count). The molecule has 0 aromatic heterocycles. The van der Waals surface area contributed by atoms with Gasteiger partial charge in [0.2, 0.25) is 0 Å². The molecule has 1 heteroatoms. The molecule has 0 unspecified atom stereocenters. The standard InChI is InChI=1S/C26H37I/c1-2-15-25-16-26(17-25,18-25)23-11-7-21(8-12-23)19-3-5-20(6-4-19)22-9-13-24(27)14-10-22/h9-10,13-14,19-21,23H,2-8,11-12,15-18H2,1H3/t19-,20-,21-,23-,25?,26?. The van der Waals surface area contributed by atoms with Crippen molar-refractivity contribution in [2.45, 2.75) is 96.3 Å². The number of rotatable bonds is 5. The third kappa shape index (κ3) is 3.42. The summed E-state index contributed by atoms with van der Waals surface area (Å²) in [6, 6.07) is 9.34. The van der Waals surface area contributed by atoms with E-state index in [9.17, 15) is 0 Å². The normalized spacial score (nSPS) is 43.6. The number of hydrogen-bond acceptors (Lipinski definition) is 0. The van der Waals surface area contributed by atoms with Crippen molar-refractivity contribution in [3.8, 4) is 0 Å². The highest BCUT2D eigenvalue weighted by molar-refractivity contribution is 14.1. The predicted molar refractivity (Wildman–Crippen MR) is 123 cm³/mol. The molecule has 148 valence electrons. The Morgan fingerprint density at radius 3 is 1.93 bits per heavy atom. The van der Waals surface area contributed by atoms with Crippen LogP contribution in [0.15, 0.2) is 24.3 Å². The predicted octanol–water partition coefficient (Wildman–Crippen LogP) is 8.34. The van der Waals surface area contributed by atoms with E-state index in [-0.39, 0.29) is 0 Å². The molecule has 5 saturated carbocycles. The molecular weight excluding hydrogens is 439 g/mol. The van der Waals surface area contributed by atoms with E-state index in [1.165, 1.54) is 42.1 Å². The summed E-state index contributed by atoms with van der Waals surface area (Å²) in [5.74, 6) is 4.06. The first-order chi connectivity index (χ1) is 13.1. The Morgan fingerprint density at radius 1 is 0.815 bits per heavy atom. The summed E-state index contributed by atoms with van der Waals surface area (Å²) in [6.45, 7) is 2.38. The van der Waals surface area contributed by atoms with Crippen molar-refractivity contribution in [3.63, 3.8) is 0 Å². The first-order valence-corrected chi connectivity index (χ1v) is 12.9. The molecule has 0 atom stereocenters. The lowest BCUT2D eigenvalue weighted by Gasteiger charge is -2.75. The van der Waals surface area contributed by atoms with E-state index in [0.717, 1.165) is 34.5 Å². The van der Waals surface area contributed by atoms with Crippen molar-refractivity contribution in [1.29, 1.82) is 0 Å². The third-order valence-electron chi connectivity index (χ3n) is 9.38. The fraction of sp³-hybridized carbons (Fsp3) is 0.769. The fourth-order valence-electron chi connectivity index (χ4n) is 8.18. The lowest BCUT2D eigenvalue weighted by molar-refractivity contribution is -0.246. The van der Waals surface area contributed by atoms with Crippen LogP contribution in [0.1, 0.15) is 102 Å². The summed E-state index contributed by atoms with van der Waals surface area (Å²) in [7, 11) is 0. The van der Waals surface area contributed by atoms with E-state index < -0.39 is 0 Å². The monoisotopic (exact) mass is 476 g/mol. The van der Waals surface area contributed by atoms with E-state index in [4.69, 9.17) is 0 Å². The summed E-state index contributed by atoms with van der Waals surface area (Å²) in [6.07, 6.45) is 19.9. The summed E-state index contributed by atoms with van der Waals surface area (Å²) < 4.78 is 1.37. The van der Waals surface area contributed by atoms with Gasteiger partial charge >= 0.3 is 0 Å². The molecule has 5 fully saturated rings. The molecule has 5 aliphatic carbocycles. The van der Waals surface area contributed by atoms with Crippen LogP contribution in [0.25, 0.3) is 0 Å². The van der Waals surface area contributed by atoms with Gasteiger partial charge in [0.25, 0.3) is 0 Å². The molecule has 27 heavy (non-hydrogen) atoms. The van der Waals surface area contributed by atoms with Gasteiger partial charge in [-0.15, -0.1) is 0 Å². The smallest absolute Gasteiger partial charge is 0.0130 e. The van der Waals surface area contributed by atoms with Crippen LogP contribution < -0.4 is 0 Å². The second-order valence-corrected chi connectivity index (χ2v) is 12.2. The lowest BCUT2D eigenvalue weighted by Crippen LogP contribution is -2.65. The molecule has 5 aliphatic rings. The highest BCUT2D eigenvalue weighted by atomic mass is 127. The minimum absolute atomic E-state index is 0.838. The minimum atomic E-state index is 0.838. The number of hydrogen-bond donors (Lipinski definition) is 0. The highest BCUT2D eigenvalue weighted by Gasteiger charge is 2.68. The maximum atomic E-state index is 2.42. The molecule has 0 heterocycles. The second kappa shape index (κ2) is 7.33. The van der Waals surface area contributed by atoms with Crippen LogP contribution in [0, 0.1) is 32.2 Å². The van der Waals surface area contributed by atoms with E-state index >= 15 is 0 Å². The molecule has 0 nitrogen and oxygen atoms in total. The summed E-state index contributed by atoms with van der Waals surface area (Å²) in [5.41, 5.74) is 3.30.